The van der Waals surface area contributed by atoms with Crippen LogP contribution in [-0.2, 0) is 10.0 Å². The van der Waals surface area contributed by atoms with Crippen molar-refractivity contribution in [2.24, 2.45) is 5.92 Å². The van der Waals surface area contributed by atoms with Gasteiger partial charge >= 0.3 is 12.1 Å². The zero-order valence-corrected chi connectivity index (χ0v) is 21.1. The van der Waals surface area contributed by atoms with Gasteiger partial charge in [-0.25, -0.2) is 17.6 Å². The van der Waals surface area contributed by atoms with E-state index in [4.69, 9.17) is 9.84 Å². The number of rotatable bonds is 7. The van der Waals surface area contributed by atoms with Crippen molar-refractivity contribution in [1.29, 1.82) is 0 Å². The number of hydrogen-bond acceptors (Lipinski definition) is 4. The summed E-state index contributed by atoms with van der Waals surface area (Å²) >= 11 is 0. The van der Waals surface area contributed by atoms with Crippen molar-refractivity contribution in [2.75, 3.05) is 11.8 Å². The van der Waals surface area contributed by atoms with Gasteiger partial charge in [-0.1, -0.05) is 36.4 Å². The predicted molar refractivity (Wildman–Crippen MR) is 133 cm³/mol. The van der Waals surface area contributed by atoms with Crippen LogP contribution in [0.2, 0.25) is 0 Å². The molecule has 38 heavy (non-hydrogen) atoms. The average Bonchev–Trinajstić information content (AvgIpc) is 2.88. The number of halogens is 4. The number of hydrogen-bond donors (Lipinski definition) is 2. The van der Waals surface area contributed by atoms with Crippen LogP contribution in [0.4, 0.5) is 23.2 Å². The molecule has 0 aromatic heterocycles. The number of alkyl halides is 3. The Bertz CT molecular complexity index is 1430. The van der Waals surface area contributed by atoms with E-state index in [0.29, 0.717) is 18.4 Å². The number of ether oxygens (including phenoxy) is 1. The van der Waals surface area contributed by atoms with Gasteiger partial charge < -0.3 is 9.84 Å². The van der Waals surface area contributed by atoms with E-state index < -0.39 is 38.8 Å². The predicted octanol–water partition coefficient (Wildman–Crippen LogP) is 6.84. The van der Waals surface area contributed by atoms with Gasteiger partial charge in [0.25, 0.3) is 10.0 Å². The van der Waals surface area contributed by atoms with Crippen LogP contribution in [0.5, 0.6) is 5.75 Å². The molecule has 0 atom stereocenters. The fourth-order valence-electron chi connectivity index (χ4n) is 4.74. The summed E-state index contributed by atoms with van der Waals surface area (Å²) in [5.74, 6) is -3.56. The van der Waals surface area contributed by atoms with Crippen LogP contribution in [0.15, 0.2) is 65.6 Å². The van der Waals surface area contributed by atoms with Crippen LogP contribution in [0, 0.1) is 11.7 Å². The van der Waals surface area contributed by atoms with Crippen molar-refractivity contribution in [3.05, 3.63) is 77.6 Å². The lowest BCUT2D eigenvalue weighted by Crippen LogP contribution is -2.27. The molecule has 0 heterocycles. The van der Waals surface area contributed by atoms with Crippen molar-refractivity contribution in [3.63, 3.8) is 0 Å². The summed E-state index contributed by atoms with van der Waals surface area (Å²) in [7, 11) is -3.19. The molecule has 0 amide bonds. The Morgan fingerprint density at radius 3 is 2.24 bits per heavy atom. The maximum Gasteiger partial charge on any atom is 0.391 e. The van der Waals surface area contributed by atoms with Crippen molar-refractivity contribution in [1.82, 2.24) is 0 Å². The van der Waals surface area contributed by atoms with E-state index in [1.54, 1.807) is 24.3 Å². The molecule has 202 valence electrons. The molecule has 1 aliphatic rings. The molecule has 6 nitrogen and oxygen atoms in total. The Morgan fingerprint density at radius 2 is 1.66 bits per heavy atom. The molecule has 1 fully saturated rings. The van der Waals surface area contributed by atoms with Crippen LogP contribution in [0.25, 0.3) is 11.1 Å². The first-order valence-electron chi connectivity index (χ1n) is 11.8. The normalized spacial score (nSPS) is 18.1. The molecular weight excluding hydrogens is 526 g/mol. The summed E-state index contributed by atoms with van der Waals surface area (Å²) in [4.78, 5) is 10.6. The largest absolute Gasteiger partial charge is 0.495 e. The monoisotopic (exact) mass is 551 g/mol. The standard InChI is InChI=1S/C27H25F4NO5S/c1-37-23-15-19(26(33)34)11-14-22(23)32-38(35,36)24-4-2-3-21(25(24)28)18-7-5-16(6-8-18)17-9-12-20(13-10-17)27(29,30)31/h2-8,11,14-15,17,20,32H,9-10,12-13H2,1H3,(H,33,34)/t17-,20+. The minimum atomic E-state index is -4.43. The van der Waals surface area contributed by atoms with Gasteiger partial charge in [0.2, 0.25) is 0 Å². The second kappa shape index (κ2) is 10.6. The maximum atomic E-state index is 15.5. The molecule has 1 aliphatic carbocycles. The number of sulfonamides is 1. The van der Waals surface area contributed by atoms with Crippen LogP contribution in [-0.4, -0.2) is 32.8 Å². The highest BCUT2D eigenvalue weighted by Crippen LogP contribution is 2.43. The fraction of sp³-hybridized carbons (Fsp3) is 0.296. The van der Waals surface area contributed by atoms with Crippen LogP contribution in [0.3, 0.4) is 0 Å². The molecule has 0 aliphatic heterocycles. The van der Waals surface area contributed by atoms with E-state index in [1.807, 2.05) is 0 Å². The summed E-state index contributed by atoms with van der Waals surface area (Å²) in [5, 5.41) is 9.13. The lowest BCUT2D eigenvalue weighted by molar-refractivity contribution is -0.182. The smallest absolute Gasteiger partial charge is 0.391 e. The molecule has 11 heteroatoms. The van der Waals surface area contributed by atoms with Gasteiger partial charge in [0.05, 0.1) is 24.3 Å². The maximum absolute atomic E-state index is 15.5. The number of methoxy groups -OCH3 is 1. The highest BCUT2D eigenvalue weighted by Gasteiger charge is 2.41. The average molecular weight is 552 g/mol. The van der Waals surface area contributed by atoms with Gasteiger partial charge in [0.15, 0.2) is 5.82 Å². The SMILES string of the molecule is COc1cc(C(=O)O)ccc1NS(=O)(=O)c1cccc(-c2ccc([C@H]3CC[C@@H](C(F)(F)F)CC3)cc2)c1F. The Hall–Kier alpha value is -3.60. The van der Waals surface area contributed by atoms with Gasteiger partial charge in [-0.15, -0.1) is 0 Å². The molecule has 4 rings (SSSR count). The van der Waals surface area contributed by atoms with Gasteiger partial charge in [-0.3, -0.25) is 4.72 Å². The van der Waals surface area contributed by atoms with Gasteiger partial charge in [-0.2, -0.15) is 13.2 Å². The lowest BCUT2D eigenvalue weighted by Gasteiger charge is -2.30. The topological polar surface area (TPSA) is 92.7 Å². The molecule has 3 aromatic carbocycles. The van der Waals surface area contributed by atoms with Crippen molar-refractivity contribution in [2.45, 2.75) is 42.7 Å². The van der Waals surface area contributed by atoms with Crippen molar-refractivity contribution < 1.29 is 40.6 Å². The molecule has 2 N–H and O–H groups in total. The number of anilines is 1. The summed E-state index contributed by atoms with van der Waals surface area (Å²) in [6.45, 7) is 0. The number of carboxylic acid groups (broad SMARTS) is 1. The Morgan fingerprint density at radius 1 is 1.00 bits per heavy atom. The first-order chi connectivity index (χ1) is 17.9. The summed E-state index contributed by atoms with van der Waals surface area (Å²) in [5.41, 5.74) is 1.13. The van der Waals surface area contributed by atoms with Crippen molar-refractivity contribution >= 4 is 21.7 Å². The molecular formula is C27H25F4NO5S. The Labute approximate surface area is 217 Å². The zero-order valence-electron chi connectivity index (χ0n) is 20.3. The fourth-order valence-corrected chi connectivity index (χ4v) is 5.91. The second-order valence-corrected chi connectivity index (χ2v) is 10.8. The summed E-state index contributed by atoms with van der Waals surface area (Å²) < 4.78 is 87.8. The van der Waals surface area contributed by atoms with E-state index in [1.165, 1.54) is 31.4 Å². The molecule has 0 bridgehead atoms. The third-order valence-corrected chi connectivity index (χ3v) is 8.21. The first kappa shape index (κ1) is 27.4. The minimum absolute atomic E-state index is 0.0223. The Kier molecular flexibility index (Phi) is 7.68. The van der Waals surface area contributed by atoms with Crippen LogP contribution >= 0.6 is 0 Å². The van der Waals surface area contributed by atoms with E-state index in [2.05, 4.69) is 4.72 Å². The van der Waals surface area contributed by atoms with E-state index in [0.717, 1.165) is 17.7 Å². The lowest BCUT2D eigenvalue weighted by atomic mass is 9.78. The molecule has 0 spiro atoms. The summed E-state index contributed by atoms with van der Waals surface area (Å²) in [6.07, 6.45) is -3.22. The van der Waals surface area contributed by atoms with Gasteiger partial charge in [-0.05, 0) is 67.0 Å². The molecule has 1 saturated carbocycles. The Balaban J connectivity index is 1.56. The van der Waals surface area contributed by atoms with E-state index >= 15 is 4.39 Å². The molecule has 0 unspecified atom stereocenters. The molecule has 0 saturated heterocycles. The van der Waals surface area contributed by atoms with E-state index in [-0.39, 0.29) is 41.3 Å². The van der Waals surface area contributed by atoms with E-state index in [9.17, 15) is 26.4 Å². The molecule has 3 aromatic rings. The first-order valence-corrected chi connectivity index (χ1v) is 13.3. The van der Waals surface area contributed by atoms with Crippen LogP contribution < -0.4 is 9.46 Å². The highest BCUT2D eigenvalue weighted by atomic mass is 32.2. The minimum Gasteiger partial charge on any atom is -0.495 e. The zero-order chi connectivity index (χ0) is 27.7. The van der Waals surface area contributed by atoms with Crippen LogP contribution in [0.1, 0.15) is 47.5 Å². The number of carbonyl (C=O) groups is 1. The van der Waals surface area contributed by atoms with Crippen molar-refractivity contribution in [3.8, 4) is 16.9 Å². The third-order valence-electron chi connectivity index (χ3n) is 6.83. The number of aromatic carboxylic acids is 1. The second-order valence-electron chi connectivity index (χ2n) is 9.16. The third kappa shape index (κ3) is 5.77. The summed E-state index contributed by atoms with van der Waals surface area (Å²) in [6, 6.07) is 14.2. The quantitative estimate of drug-likeness (QED) is 0.314. The highest BCUT2D eigenvalue weighted by molar-refractivity contribution is 7.92. The number of carboxylic acids is 1. The number of nitrogens with one attached hydrogen (secondary N) is 1. The van der Waals surface area contributed by atoms with Gasteiger partial charge in [0, 0.05) is 5.56 Å². The van der Waals surface area contributed by atoms with Gasteiger partial charge in [0.1, 0.15) is 10.6 Å². The molecule has 0 radical (unpaired) electrons. The number of benzene rings is 3.